The molecule has 0 atom stereocenters. The van der Waals surface area contributed by atoms with Crippen molar-refractivity contribution in [2.45, 2.75) is 6.54 Å². The van der Waals surface area contributed by atoms with Crippen LogP contribution >= 0.6 is 0 Å². The molecular formula is C16H13N5O2. The molecule has 0 radical (unpaired) electrons. The number of nitrogens with one attached hydrogen (secondary N) is 2. The van der Waals surface area contributed by atoms with Crippen LogP contribution in [0.5, 0.6) is 0 Å². The molecule has 1 aromatic heterocycles. The second kappa shape index (κ2) is 4.91. The molecule has 23 heavy (non-hydrogen) atoms. The van der Waals surface area contributed by atoms with Crippen LogP contribution in [0.15, 0.2) is 36.4 Å². The highest BCUT2D eigenvalue weighted by Gasteiger charge is 2.19. The summed E-state index contributed by atoms with van der Waals surface area (Å²) in [6.07, 6.45) is 0. The van der Waals surface area contributed by atoms with E-state index >= 15 is 0 Å². The van der Waals surface area contributed by atoms with Crippen LogP contribution in [-0.2, 0) is 13.6 Å². The van der Waals surface area contributed by atoms with E-state index in [0.717, 1.165) is 11.1 Å². The van der Waals surface area contributed by atoms with Gasteiger partial charge < -0.3 is 10.6 Å². The minimum absolute atomic E-state index is 0.114. The third-order valence-corrected chi connectivity index (χ3v) is 3.92. The van der Waals surface area contributed by atoms with Crippen LogP contribution in [0.3, 0.4) is 0 Å². The summed E-state index contributed by atoms with van der Waals surface area (Å²) in [5.41, 5.74) is 4.14. The van der Waals surface area contributed by atoms with Gasteiger partial charge in [0.05, 0.1) is 5.52 Å². The van der Waals surface area contributed by atoms with Crippen molar-refractivity contribution in [1.82, 2.24) is 20.3 Å². The van der Waals surface area contributed by atoms with E-state index < -0.39 is 0 Å². The number of aryl methyl sites for hydroxylation is 1. The lowest BCUT2D eigenvalue weighted by Crippen LogP contribution is -2.14. The molecule has 0 bridgehead atoms. The molecule has 0 fully saturated rings. The average molecular weight is 307 g/mol. The largest absolute Gasteiger partial charge is 0.348 e. The summed E-state index contributed by atoms with van der Waals surface area (Å²) in [4.78, 5) is 24.1. The fraction of sp³-hybridized carbons (Fsp3) is 0.125. The predicted molar refractivity (Wildman–Crippen MR) is 84.1 cm³/mol. The Kier molecular flexibility index (Phi) is 2.87. The van der Waals surface area contributed by atoms with Gasteiger partial charge in [0.2, 0.25) is 0 Å². The Bertz CT molecular complexity index is 960. The maximum Gasteiger partial charge on any atom is 0.255 e. The monoisotopic (exact) mass is 307 g/mol. The zero-order valence-electron chi connectivity index (χ0n) is 12.3. The average Bonchev–Trinajstić information content (AvgIpc) is 3.11. The zero-order valence-corrected chi connectivity index (χ0v) is 12.3. The van der Waals surface area contributed by atoms with Gasteiger partial charge in [-0.2, -0.15) is 0 Å². The fourth-order valence-electron chi connectivity index (χ4n) is 2.68. The van der Waals surface area contributed by atoms with Gasteiger partial charge in [0.1, 0.15) is 5.52 Å². The summed E-state index contributed by atoms with van der Waals surface area (Å²) in [7, 11) is 1.80. The van der Waals surface area contributed by atoms with Crippen molar-refractivity contribution in [3.63, 3.8) is 0 Å². The molecule has 2 heterocycles. The smallest absolute Gasteiger partial charge is 0.255 e. The number of hydrogen-bond acceptors (Lipinski definition) is 4. The number of carbonyl (C=O) groups is 2. The van der Waals surface area contributed by atoms with E-state index in [2.05, 4.69) is 20.9 Å². The van der Waals surface area contributed by atoms with E-state index in [0.29, 0.717) is 28.9 Å². The Hall–Kier alpha value is -3.22. The Morgan fingerprint density at radius 1 is 1.26 bits per heavy atom. The molecular weight excluding hydrogens is 294 g/mol. The fourth-order valence-corrected chi connectivity index (χ4v) is 2.68. The summed E-state index contributed by atoms with van der Waals surface area (Å²) >= 11 is 0. The summed E-state index contributed by atoms with van der Waals surface area (Å²) < 4.78 is 1.65. The molecule has 7 heteroatoms. The highest BCUT2D eigenvalue weighted by Crippen LogP contribution is 2.21. The molecule has 2 aromatic carbocycles. The molecule has 1 aliphatic heterocycles. The Morgan fingerprint density at radius 2 is 2.13 bits per heavy atom. The van der Waals surface area contributed by atoms with Crippen LogP contribution in [0.25, 0.3) is 11.0 Å². The van der Waals surface area contributed by atoms with E-state index in [1.807, 2.05) is 6.07 Å². The lowest BCUT2D eigenvalue weighted by molar-refractivity contribution is 0.0964. The van der Waals surface area contributed by atoms with Crippen molar-refractivity contribution in [3.8, 4) is 0 Å². The highest BCUT2D eigenvalue weighted by molar-refractivity contribution is 6.07. The van der Waals surface area contributed by atoms with Crippen LogP contribution in [0.4, 0.5) is 5.69 Å². The number of amides is 2. The summed E-state index contributed by atoms with van der Waals surface area (Å²) in [5, 5.41) is 13.5. The van der Waals surface area contributed by atoms with Gasteiger partial charge in [-0.05, 0) is 35.9 Å². The second-order valence-corrected chi connectivity index (χ2v) is 5.43. The van der Waals surface area contributed by atoms with Gasteiger partial charge in [-0.25, -0.2) is 4.68 Å². The number of rotatable bonds is 2. The van der Waals surface area contributed by atoms with E-state index in [1.165, 1.54) is 0 Å². The molecule has 7 nitrogen and oxygen atoms in total. The van der Waals surface area contributed by atoms with Crippen molar-refractivity contribution in [3.05, 3.63) is 53.1 Å². The zero-order chi connectivity index (χ0) is 16.0. The molecule has 0 unspecified atom stereocenters. The number of aromatic nitrogens is 3. The Labute approximate surface area is 131 Å². The first-order chi connectivity index (χ1) is 11.1. The third kappa shape index (κ3) is 2.22. The van der Waals surface area contributed by atoms with Gasteiger partial charge in [-0.1, -0.05) is 11.3 Å². The predicted octanol–water partition coefficient (Wildman–Crippen LogP) is 1.46. The lowest BCUT2D eigenvalue weighted by Gasteiger charge is -2.06. The molecule has 0 saturated heterocycles. The van der Waals surface area contributed by atoms with Crippen LogP contribution in [0, 0.1) is 0 Å². The molecule has 4 rings (SSSR count). The van der Waals surface area contributed by atoms with Crippen molar-refractivity contribution in [2.24, 2.45) is 7.05 Å². The number of benzene rings is 2. The Morgan fingerprint density at radius 3 is 3.00 bits per heavy atom. The van der Waals surface area contributed by atoms with Gasteiger partial charge >= 0.3 is 0 Å². The maximum atomic E-state index is 12.4. The number of nitrogens with zero attached hydrogens (tertiary/aromatic N) is 3. The van der Waals surface area contributed by atoms with E-state index in [1.54, 1.807) is 42.1 Å². The molecule has 2 N–H and O–H groups in total. The van der Waals surface area contributed by atoms with Crippen molar-refractivity contribution < 1.29 is 9.59 Å². The second-order valence-electron chi connectivity index (χ2n) is 5.43. The van der Waals surface area contributed by atoms with Crippen LogP contribution < -0.4 is 10.6 Å². The molecule has 1 aliphatic rings. The summed E-state index contributed by atoms with van der Waals surface area (Å²) in [5.74, 6) is -0.368. The van der Waals surface area contributed by atoms with Gasteiger partial charge in [0, 0.05) is 30.4 Å². The molecule has 3 aromatic rings. The van der Waals surface area contributed by atoms with Gasteiger partial charge in [0.15, 0.2) is 0 Å². The SMILES string of the molecule is Cn1nnc2cc(C(=O)Nc3ccc4c(c3)C(=O)NC4)ccc21. The van der Waals surface area contributed by atoms with E-state index in [4.69, 9.17) is 0 Å². The summed E-state index contributed by atoms with van der Waals surface area (Å²) in [6.45, 7) is 0.533. The highest BCUT2D eigenvalue weighted by atomic mass is 16.2. The van der Waals surface area contributed by atoms with E-state index in [9.17, 15) is 9.59 Å². The van der Waals surface area contributed by atoms with Gasteiger partial charge in [0.25, 0.3) is 11.8 Å². The van der Waals surface area contributed by atoms with Crippen molar-refractivity contribution in [1.29, 1.82) is 0 Å². The van der Waals surface area contributed by atoms with E-state index in [-0.39, 0.29) is 11.8 Å². The van der Waals surface area contributed by atoms with Crippen LogP contribution in [0.2, 0.25) is 0 Å². The van der Waals surface area contributed by atoms with Gasteiger partial charge in [-0.15, -0.1) is 5.10 Å². The molecule has 0 aliphatic carbocycles. The quantitative estimate of drug-likeness (QED) is 0.750. The standard InChI is InChI=1S/C16H13N5O2/c1-21-14-5-3-9(6-13(14)19-20-21)15(22)18-11-4-2-10-8-17-16(23)12(10)7-11/h2-7H,8H2,1H3,(H,17,23)(H,18,22). The van der Waals surface area contributed by atoms with Gasteiger partial charge in [-0.3, -0.25) is 9.59 Å². The normalized spacial score (nSPS) is 13.0. The first kappa shape index (κ1) is 13.4. The summed E-state index contributed by atoms with van der Waals surface area (Å²) in [6, 6.07) is 10.5. The minimum Gasteiger partial charge on any atom is -0.348 e. The molecule has 0 saturated carbocycles. The van der Waals surface area contributed by atoms with Crippen molar-refractivity contribution in [2.75, 3.05) is 5.32 Å². The van der Waals surface area contributed by atoms with Crippen molar-refractivity contribution >= 4 is 28.5 Å². The van der Waals surface area contributed by atoms with Crippen LogP contribution in [-0.4, -0.2) is 26.8 Å². The number of carbonyl (C=O) groups excluding carboxylic acids is 2. The Balaban J connectivity index is 1.61. The first-order valence-electron chi connectivity index (χ1n) is 7.14. The minimum atomic E-state index is -0.254. The number of hydrogen-bond donors (Lipinski definition) is 2. The first-order valence-corrected chi connectivity index (χ1v) is 7.14. The molecule has 114 valence electrons. The maximum absolute atomic E-state index is 12.4. The lowest BCUT2D eigenvalue weighted by atomic mass is 10.1. The topological polar surface area (TPSA) is 88.9 Å². The number of anilines is 1. The number of fused-ring (bicyclic) bond motifs is 2. The molecule has 0 spiro atoms. The third-order valence-electron chi connectivity index (χ3n) is 3.92. The van der Waals surface area contributed by atoms with Crippen LogP contribution in [0.1, 0.15) is 26.3 Å². The molecule has 2 amide bonds.